The lowest BCUT2D eigenvalue weighted by Gasteiger charge is -2.18. The highest BCUT2D eigenvalue weighted by Gasteiger charge is 2.20. The normalized spacial score (nSPS) is 14.4. The third kappa shape index (κ3) is 4.75. The minimum atomic E-state index is -3.31. The van der Waals surface area contributed by atoms with E-state index in [9.17, 15) is 13.2 Å². The lowest BCUT2D eigenvalue weighted by Crippen LogP contribution is -2.23. The first-order chi connectivity index (χ1) is 13.7. The molecule has 1 aromatic carbocycles. The number of rotatable bonds is 6. The summed E-state index contributed by atoms with van der Waals surface area (Å²) in [6.45, 7) is 8.97. The molecular weight excluding hydrogens is 388 g/mol. The second-order valence-corrected chi connectivity index (χ2v) is 10.2. The minimum absolute atomic E-state index is 0.148. The van der Waals surface area contributed by atoms with E-state index in [1.807, 2.05) is 13.8 Å². The van der Waals surface area contributed by atoms with Gasteiger partial charge in [-0.1, -0.05) is 12.1 Å². The Balaban J connectivity index is 1.69. The predicted molar refractivity (Wildman–Crippen MR) is 114 cm³/mol. The second kappa shape index (κ2) is 8.49. The maximum absolute atomic E-state index is 12.5. The van der Waals surface area contributed by atoms with Gasteiger partial charge < -0.3 is 10.2 Å². The summed E-state index contributed by atoms with van der Waals surface area (Å²) in [6, 6.07) is 6.48. The zero-order valence-corrected chi connectivity index (χ0v) is 18.2. The molecule has 7 nitrogen and oxygen atoms in total. The summed E-state index contributed by atoms with van der Waals surface area (Å²) in [5.41, 5.74) is 2.87. The number of nitrogens with one attached hydrogen (secondary N) is 1. The number of anilines is 2. The van der Waals surface area contributed by atoms with Crippen LogP contribution in [0.15, 0.2) is 29.2 Å². The molecule has 1 aliphatic heterocycles. The van der Waals surface area contributed by atoms with Crippen LogP contribution in [-0.4, -0.2) is 42.6 Å². The van der Waals surface area contributed by atoms with Crippen molar-refractivity contribution in [1.82, 2.24) is 9.97 Å². The van der Waals surface area contributed by atoms with Gasteiger partial charge in [0.15, 0.2) is 9.84 Å². The molecule has 1 aromatic heterocycles. The van der Waals surface area contributed by atoms with Crippen LogP contribution < -0.4 is 10.2 Å². The van der Waals surface area contributed by atoms with Crippen LogP contribution in [0.25, 0.3) is 0 Å². The average Bonchev–Trinajstić information content (AvgIpc) is 3.19. The van der Waals surface area contributed by atoms with Crippen molar-refractivity contribution >= 4 is 27.4 Å². The standard InChI is InChI=1S/C21H28N4O3S/c1-14(2)29(27,28)18-9-7-17(8-10-18)13-19(26)24-20-15(3)22-21(23-16(20)4)25-11-5-6-12-25/h7-10,14H,5-6,11-13H2,1-4H3,(H,24,26). The molecule has 0 atom stereocenters. The molecule has 2 heterocycles. The maximum atomic E-state index is 12.5. The molecule has 0 aliphatic carbocycles. The topological polar surface area (TPSA) is 92.3 Å². The first kappa shape index (κ1) is 21.2. The Morgan fingerprint density at radius 2 is 1.62 bits per heavy atom. The van der Waals surface area contributed by atoms with E-state index >= 15 is 0 Å². The summed E-state index contributed by atoms with van der Waals surface area (Å²) >= 11 is 0. The number of hydrogen-bond donors (Lipinski definition) is 1. The van der Waals surface area contributed by atoms with E-state index < -0.39 is 15.1 Å². The highest BCUT2D eigenvalue weighted by Crippen LogP contribution is 2.23. The molecule has 29 heavy (non-hydrogen) atoms. The fraction of sp³-hybridized carbons (Fsp3) is 0.476. The number of sulfone groups is 1. The molecule has 156 valence electrons. The second-order valence-electron chi connectivity index (χ2n) is 7.73. The highest BCUT2D eigenvalue weighted by atomic mass is 32.2. The molecule has 0 unspecified atom stereocenters. The van der Waals surface area contributed by atoms with Crippen LogP contribution in [0.1, 0.15) is 43.6 Å². The van der Waals surface area contributed by atoms with Crippen LogP contribution in [0.2, 0.25) is 0 Å². The third-order valence-electron chi connectivity index (χ3n) is 5.15. The van der Waals surface area contributed by atoms with Crippen LogP contribution in [0.3, 0.4) is 0 Å². The Hall–Kier alpha value is -2.48. The van der Waals surface area contributed by atoms with Gasteiger partial charge in [0, 0.05) is 13.1 Å². The van der Waals surface area contributed by atoms with E-state index in [2.05, 4.69) is 20.2 Å². The van der Waals surface area contributed by atoms with Crippen molar-refractivity contribution in [1.29, 1.82) is 0 Å². The number of aryl methyl sites for hydroxylation is 2. The van der Waals surface area contributed by atoms with Gasteiger partial charge in [-0.25, -0.2) is 18.4 Å². The number of nitrogens with zero attached hydrogens (tertiary/aromatic N) is 3. The Morgan fingerprint density at radius 3 is 2.14 bits per heavy atom. The van der Waals surface area contributed by atoms with Gasteiger partial charge in [0.05, 0.1) is 33.6 Å². The number of carbonyl (C=O) groups is 1. The minimum Gasteiger partial charge on any atom is -0.341 e. The van der Waals surface area contributed by atoms with E-state index in [1.54, 1.807) is 38.1 Å². The summed E-state index contributed by atoms with van der Waals surface area (Å²) < 4.78 is 24.4. The molecule has 3 rings (SSSR count). The van der Waals surface area contributed by atoms with E-state index in [0.717, 1.165) is 48.8 Å². The monoisotopic (exact) mass is 416 g/mol. The largest absolute Gasteiger partial charge is 0.341 e. The lowest BCUT2D eigenvalue weighted by molar-refractivity contribution is -0.115. The first-order valence-corrected chi connectivity index (χ1v) is 11.5. The van der Waals surface area contributed by atoms with Crippen molar-refractivity contribution in [2.45, 2.75) is 57.1 Å². The van der Waals surface area contributed by atoms with Crippen molar-refractivity contribution in [3.63, 3.8) is 0 Å². The van der Waals surface area contributed by atoms with Gasteiger partial charge in [0.2, 0.25) is 11.9 Å². The molecule has 0 spiro atoms. The number of benzene rings is 1. The van der Waals surface area contributed by atoms with Gasteiger partial charge in [-0.2, -0.15) is 0 Å². The quantitative estimate of drug-likeness (QED) is 0.778. The molecule has 0 bridgehead atoms. The number of carbonyl (C=O) groups excluding carboxylic acids is 1. The first-order valence-electron chi connectivity index (χ1n) is 9.91. The van der Waals surface area contributed by atoms with Crippen molar-refractivity contribution in [3.05, 3.63) is 41.2 Å². The zero-order chi connectivity index (χ0) is 21.2. The Bertz CT molecular complexity index is 972. The fourth-order valence-corrected chi connectivity index (χ4v) is 4.44. The van der Waals surface area contributed by atoms with Gasteiger partial charge in [0.1, 0.15) is 0 Å². The van der Waals surface area contributed by atoms with Gasteiger partial charge >= 0.3 is 0 Å². The van der Waals surface area contributed by atoms with Crippen molar-refractivity contribution in [3.8, 4) is 0 Å². The number of aromatic nitrogens is 2. The van der Waals surface area contributed by atoms with E-state index in [0.29, 0.717) is 5.69 Å². The summed E-state index contributed by atoms with van der Waals surface area (Å²) in [4.78, 5) is 24.1. The smallest absolute Gasteiger partial charge is 0.228 e. The zero-order valence-electron chi connectivity index (χ0n) is 17.4. The Labute approximate surface area is 172 Å². The van der Waals surface area contributed by atoms with E-state index in [4.69, 9.17) is 0 Å². The molecule has 8 heteroatoms. The molecular formula is C21H28N4O3S. The van der Waals surface area contributed by atoms with Crippen LogP contribution >= 0.6 is 0 Å². The van der Waals surface area contributed by atoms with Crippen molar-refractivity contribution < 1.29 is 13.2 Å². The summed E-state index contributed by atoms with van der Waals surface area (Å²) in [5, 5.41) is 2.43. The molecule has 1 fully saturated rings. The van der Waals surface area contributed by atoms with Gasteiger partial charge in [-0.3, -0.25) is 4.79 Å². The van der Waals surface area contributed by atoms with Gasteiger partial charge in [-0.05, 0) is 58.2 Å². The molecule has 0 saturated carbocycles. The van der Waals surface area contributed by atoms with Gasteiger partial charge in [-0.15, -0.1) is 0 Å². The van der Waals surface area contributed by atoms with E-state index in [-0.39, 0.29) is 17.2 Å². The molecule has 1 N–H and O–H groups in total. The van der Waals surface area contributed by atoms with Crippen LogP contribution in [0.4, 0.5) is 11.6 Å². The SMILES string of the molecule is Cc1nc(N2CCCC2)nc(C)c1NC(=O)Cc1ccc(S(=O)(=O)C(C)C)cc1. The maximum Gasteiger partial charge on any atom is 0.228 e. The lowest BCUT2D eigenvalue weighted by atomic mass is 10.1. The molecule has 1 aliphatic rings. The predicted octanol–water partition coefficient (Wildman–Crippen LogP) is 3.06. The molecule has 1 amide bonds. The van der Waals surface area contributed by atoms with Crippen LogP contribution in [0.5, 0.6) is 0 Å². The van der Waals surface area contributed by atoms with Crippen LogP contribution in [0, 0.1) is 13.8 Å². The van der Waals surface area contributed by atoms with Crippen molar-refractivity contribution in [2.75, 3.05) is 23.3 Å². The number of hydrogen-bond acceptors (Lipinski definition) is 6. The number of amides is 1. The average molecular weight is 417 g/mol. The highest BCUT2D eigenvalue weighted by molar-refractivity contribution is 7.92. The summed E-state index contributed by atoms with van der Waals surface area (Å²) in [6.07, 6.45) is 2.45. The fourth-order valence-electron chi connectivity index (χ4n) is 3.38. The summed E-state index contributed by atoms with van der Waals surface area (Å²) in [7, 11) is -3.31. The summed E-state index contributed by atoms with van der Waals surface area (Å²) in [5.74, 6) is 0.533. The molecule has 0 radical (unpaired) electrons. The van der Waals surface area contributed by atoms with Crippen molar-refractivity contribution in [2.24, 2.45) is 0 Å². The Morgan fingerprint density at radius 1 is 1.07 bits per heavy atom. The Kier molecular flexibility index (Phi) is 6.21. The third-order valence-corrected chi connectivity index (χ3v) is 7.32. The van der Waals surface area contributed by atoms with Gasteiger partial charge in [0.25, 0.3) is 0 Å². The van der Waals surface area contributed by atoms with Crippen LogP contribution in [-0.2, 0) is 21.1 Å². The van der Waals surface area contributed by atoms with E-state index in [1.165, 1.54) is 0 Å². The molecule has 2 aromatic rings. The molecule has 1 saturated heterocycles.